The minimum Gasteiger partial charge on any atom is -0.466 e. The molecule has 0 spiro atoms. The van der Waals surface area contributed by atoms with E-state index >= 15 is 0 Å². The molecule has 0 unspecified atom stereocenters. The van der Waals surface area contributed by atoms with Gasteiger partial charge in [0.2, 0.25) is 5.91 Å². The van der Waals surface area contributed by atoms with Gasteiger partial charge in [-0.1, -0.05) is 30.3 Å². The molecule has 5 nitrogen and oxygen atoms in total. The van der Waals surface area contributed by atoms with Crippen LogP contribution in [0.25, 0.3) is 0 Å². The van der Waals surface area contributed by atoms with Gasteiger partial charge in [0.15, 0.2) is 0 Å². The highest BCUT2D eigenvalue weighted by Crippen LogP contribution is 2.06. The van der Waals surface area contributed by atoms with Crippen molar-refractivity contribution in [3.63, 3.8) is 0 Å². The predicted octanol–water partition coefficient (Wildman–Crippen LogP) is 1.61. The number of rotatable bonds is 8. The van der Waals surface area contributed by atoms with Crippen molar-refractivity contribution in [1.29, 1.82) is 0 Å². The smallest absolute Gasteiger partial charge is 0.307 e. The third kappa shape index (κ3) is 5.84. The monoisotopic (exact) mass is 279 g/mol. The molecule has 5 heteroatoms. The lowest BCUT2D eigenvalue weighted by Crippen LogP contribution is -2.35. The summed E-state index contributed by atoms with van der Waals surface area (Å²) < 4.78 is 9.74. The van der Waals surface area contributed by atoms with E-state index in [9.17, 15) is 9.59 Å². The molecule has 0 radical (unpaired) electrons. The fraction of sp³-hybridized carbons (Fsp3) is 0.467. The zero-order valence-electron chi connectivity index (χ0n) is 12.0. The Labute approximate surface area is 119 Å². The van der Waals surface area contributed by atoms with Crippen molar-refractivity contribution in [2.24, 2.45) is 0 Å². The van der Waals surface area contributed by atoms with E-state index in [1.165, 1.54) is 7.11 Å². The standard InChI is InChI=1S/C15H21NO4/c1-3-20-15(18)9-10-16(14(17)12-19-2)11-13-7-5-4-6-8-13/h4-8H,3,9-12H2,1-2H3. The van der Waals surface area contributed by atoms with Gasteiger partial charge in [0.1, 0.15) is 6.61 Å². The van der Waals surface area contributed by atoms with Gasteiger partial charge in [-0.25, -0.2) is 0 Å². The Morgan fingerprint density at radius 2 is 1.90 bits per heavy atom. The van der Waals surface area contributed by atoms with E-state index in [1.54, 1.807) is 11.8 Å². The van der Waals surface area contributed by atoms with Crippen LogP contribution >= 0.6 is 0 Å². The van der Waals surface area contributed by atoms with Crippen LogP contribution in [0.2, 0.25) is 0 Å². The molecule has 0 bridgehead atoms. The van der Waals surface area contributed by atoms with Crippen LogP contribution in [0.3, 0.4) is 0 Å². The maximum absolute atomic E-state index is 12.0. The molecule has 0 fully saturated rings. The first-order valence-corrected chi connectivity index (χ1v) is 6.63. The molecule has 0 aliphatic carbocycles. The molecule has 0 aromatic heterocycles. The molecule has 1 aromatic rings. The van der Waals surface area contributed by atoms with Crippen LogP contribution in [0.4, 0.5) is 0 Å². The number of ether oxygens (including phenoxy) is 2. The van der Waals surface area contributed by atoms with Crippen molar-refractivity contribution in [3.8, 4) is 0 Å². The quantitative estimate of drug-likeness (QED) is 0.678. The number of esters is 1. The largest absolute Gasteiger partial charge is 0.466 e. The number of nitrogens with zero attached hydrogens (tertiary/aromatic N) is 1. The number of benzene rings is 1. The Balaban J connectivity index is 2.60. The van der Waals surface area contributed by atoms with Gasteiger partial charge < -0.3 is 14.4 Å². The lowest BCUT2D eigenvalue weighted by Gasteiger charge is -2.22. The Morgan fingerprint density at radius 1 is 1.20 bits per heavy atom. The van der Waals surface area contributed by atoms with E-state index < -0.39 is 0 Å². The Morgan fingerprint density at radius 3 is 2.50 bits per heavy atom. The third-order valence-corrected chi connectivity index (χ3v) is 2.73. The SMILES string of the molecule is CCOC(=O)CCN(Cc1ccccc1)C(=O)COC. The van der Waals surface area contributed by atoms with Gasteiger partial charge >= 0.3 is 5.97 Å². The highest BCUT2D eigenvalue weighted by Gasteiger charge is 2.15. The van der Waals surface area contributed by atoms with Crippen molar-refractivity contribution in [2.75, 3.05) is 26.9 Å². The van der Waals surface area contributed by atoms with Gasteiger partial charge in [0, 0.05) is 20.2 Å². The van der Waals surface area contributed by atoms with E-state index in [0.29, 0.717) is 19.7 Å². The van der Waals surface area contributed by atoms with Gasteiger partial charge in [0.25, 0.3) is 0 Å². The lowest BCUT2D eigenvalue weighted by molar-refractivity contribution is -0.144. The lowest BCUT2D eigenvalue weighted by atomic mass is 10.2. The molecule has 0 aliphatic heterocycles. The maximum Gasteiger partial charge on any atom is 0.307 e. The second kappa shape index (κ2) is 9.09. The number of methoxy groups -OCH3 is 1. The summed E-state index contributed by atoms with van der Waals surface area (Å²) in [6.07, 6.45) is 0.191. The summed E-state index contributed by atoms with van der Waals surface area (Å²) in [4.78, 5) is 25.0. The molecule has 1 rings (SSSR count). The molecular weight excluding hydrogens is 258 g/mol. The zero-order chi connectivity index (χ0) is 14.8. The summed E-state index contributed by atoms with van der Waals surface area (Å²) in [5.74, 6) is -0.434. The second-order valence-electron chi connectivity index (χ2n) is 4.29. The molecule has 0 heterocycles. The Bertz CT molecular complexity index is 419. The molecule has 0 aliphatic rings. The molecule has 0 saturated carbocycles. The summed E-state index contributed by atoms with van der Waals surface area (Å²) in [5, 5.41) is 0. The maximum atomic E-state index is 12.0. The summed E-state index contributed by atoms with van der Waals surface area (Å²) in [6, 6.07) is 9.64. The first-order chi connectivity index (χ1) is 9.67. The number of carbonyl (C=O) groups excluding carboxylic acids is 2. The average molecular weight is 279 g/mol. The topological polar surface area (TPSA) is 55.8 Å². The van der Waals surface area contributed by atoms with Crippen molar-refractivity contribution in [1.82, 2.24) is 4.90 Å². The number of carbonyl (C=O) groups is 2. The van der Waals surface area contributed by atoms with Crippen molar-refractivity contribution in [3.05, 3.63) is 35.9 Å². The Kier molecular flexibility index (Phi) is 7.35. The molecule has 1 amide bonds. The molecule has 1 aromatic carbocycles. The number of hydrogen-bond acceptors (Lipinski definition) is 4. The molecule has 0 saturated heterocycles. The molecule has 110 valence electrons. The summed E-state index contributed by atoms with van der Waals surface area (Å²) in [5.41, 5.74) is 1.01. The summed E-state index contributed by atoms with van der Waals surface area (Å²) >= 11 is 0. The van der Waals surface area contributed by atoms with Crippen molar-refractivity contribution in [2.45, 2.75) is 19.9 Å². The fourth-order valence-electron chi connectivity index (χ4n) is 1.77. The number of amides is 1. The molecule has 0 N–H and O–H groups in total. The van der Waals surface area contributed by atoms with E-state index in [2.05, 4.69) is 0 Å². The van der Waals surface area contributed by atoms with Crippen LogP contribution in [0.15, 0.2) is 30.3 Å². The normalized spacial score (nSPS) is 10.1. The van der Waals surface area contributed by atoms with E-state index in [0.717, 1.165) is 5.56 Å². The van der Waals surface area contributed by atoms with E-state index in [4.69, 9.17) is 9.47 Å². The van der Waals surface area contributed by atoms with Crippen LogP contribution in [-0.2, 0) is 25.6 Å². The van der Waals surface area contributed by atoms with Gasteiger partial charge in [0.05, 0.1) is 13.0 Å². The summed E-state index contributed by atoms with van der Waals surface area (Å²) in [7, 11) is 1.48. The van der Waals surface area contributed by atoms with Crippen LogP contribution < -0.4 is 0 Å². The Hall–Kier alpha value is -1.88. The first kappa shape index (κ1) is 16.2. The van der Waals surface area contributed by atoms with Crippen LogP contribution in [0.1, 0.15) is 18.9 Å². The number of hydrogen-bond donors (Lipinski definition) is 0. The minimum absolute atomic E-state index is 0.00958. The average Bonchev–Trinajstić information content (AvgIpc) is 2.45. The van der Waals surface area contributed by atoms with Gasteiger partial charge in [-0.3, -0.25) is 9.59 Å². The van der Waals surface area contributed by atoms with E-state index in [1.807, 2.05) is 30.3 Å². The van der Waals surface area contributed by atoms with Crippen molar-refractivity contribution < 1.29 is 19.1 Å². The highest BCUT2D eigenvalue weighted by molar-refractivity contribution is 5.78. The van der Waals surface area contributed by atoms with Crippen molar-refractivity contribution >= 4 is 11.9 Å². The fourth-order valence-corrected chi connectivity index (χ4v) is 1.77. The van der Waals surface area contributed by atoms with Gasteiger partial charge in [-0.05, 0) is 12.5 Å². The van der Waals surface area contributed by atoms with Crippen LogP contribution in [0.5, 0.6) is 0 Å². The van der Waals surface area contributed by atoms with E-state index in [-0.39, 0.29) is 24.9 Å². The molecule has 0 atom stereocenters. The molecular formula is C15H21NO4. The van der Waals surface area contributed by atoms with Crippen LogP contribution in [0, 0.1) is 0 Å². The first-order valence-electron chi connectivity index (χ1n) is 6.63. The van der Waals surface area contributed by atoms with Gasteiger partial charge in [-0.2, -0.15) is 0 Å². The van der Waals surface area contributed by atoms with Gasteiger partial charge in [-0.15, -0.1) is 0 Å². The van der Waals surface area contributed by atoms with Crippen LogP contribution in [-0.4, -0.2) is 43.6 Å². The summed E-state index contributed by atoms with van der Waals surface area (Å²) in [6.45, 7) is 2.91. The molecule has 20 heavy (non-hydrogen) atoms. The zero-order valence-corrected chi connectivity index (χ0v) is 12.0. The minimum atomic E-state index is -0.296. The second-order valence-corrected chi connectivity index (χ2v) is 4.29. The predicted molar refractivity (Wildman–Crippen MR) is 75.0 cm³/mol. The third-order valence-electron chi connectivity index (χ3n) is 2.73. The highest BCUT2D eigenvalue weighted by atomic mass is 16.5.